The van der Waals surface area contributed by atoms with E-state index in [9.17, 15) is 0 Å². The van der Waals surface area contributed by atoms with Crippen LogP contribution in [0.3, 0.4) is 0 Å². The number of hydrogen-bond donors (Lipinski definition) is 1. The fourth-order valence-electron chi connectivity index (χ4n) is 2.90. The Kier molecular flexibility index (Phi) is 3.78. The van der Waals surface area contributed by atoms with E-state index in [4.69, 9.17) is 4.98 Å². The molecular weight excluding hydrogens is 280 g/mol. The predicted molar refractivity (Wildman–Crippen MR) is 91.6 cm³/mol. The van der Waals surface area contributed by atoms with Gasteiger partial charge in [-0.15, -0.1) is 11.3 Å². The van der Waals surface area contributed by atoms with Gasteiger partial charge >= 0.3 is 0 Å². The minimum Gasteiger partial charge on any atom is -0.355 e. The highest BCUT2D eigenvalue weighted by Crippen LogP contribution is 2.37. The van der Waals surface area contributed by atoms with Gasteiger partial charge in [0.05, 0.1) is 5.39 Å². The van der Waals surface area contributed by atoms with E-state index in [1.807, 2.05) is 0 Å². The van der Waals surface area contributed by atoms with E-state index < -0.39 is 0 Å². The van der Waals surface area contributed by atoms with Crippen LogP contribution in [0, 0.1) is 5.41 Å². The third kappa shape index (κ3) is 2.84. The highest BCUT2D eigenvalue weighted by atomic mass is 32.1. The van der Waals surface area contributed by atoms with Crippen LogP contribution in [0.25, 0.3) is 10.2 Å². The number of anilines is 2. The van der Waals surface area contributed by atoms with Gasteiger partial charge in [0.15, 0.2) is 0 Å². The average Bonchev–Trinajstić information content (AvgIpc) is 3.01. The standard InChI is InChI=1S/C16H24N4S/c1-5-11-9-12-13(20-8-7-16(3,4)10-20)18-15(17-6-2)19-14(12)21-11/h9H,5-8,10H2,1-4H3,(H,17,18,19). The number of aromatic nitrogens is 2. The van der Waals surface area contributed by atoms with Gasteiger partial charge in [-0.3, -0.25) is 0 Å². The van der Waals surface area contributed by atoms with Crippen LogP contribution in [0.15, 0.2) is 6.07 Å². The maximum atomic E-state index is 4.80. The molecule has 3 heterocycles. The molecule has 1 N–H and O–H groups in total. The first-order valence-electron chi connectivity index (χ1n) is 7.81. The second-order valence-corrected chi connectivity index (χ2v) is 7.64. The Labute approximate surface area is 130 Å². The highest BCUT2D eigenvalue weighted by Gasteiger charge is 2.31. The third-order valence-electron chi connectivity index (χ3n) is 4.08. The molecule has 0 bridgehead atoms. The van der Waals surface area contributed by atoms with Crippen molar-refractivity contribution in [1.82, 2.24) is 9.97 Å². The first-order chi connectivity index (χ1) is 10.0. The van der Waals surface area contributed by atoms with E-state index in [-0.39, 0.29) is 0 Å². The van der Waals surface area contributed by atoms with E-state index in [1.54, 1.807) is 11.3 Å². The second kappa shape index (κ2) is 5.44. The lowest BCUT2D eigenvalue weighted by atomic mass is 9.93. The number of aryl methyl sites for hydroxylation is 1. The summed E-state index contributed by atoms with van der Waals surface area (Å²) in [6.45, 7) is 12.0. The lowest BCUT2D eigenvalue weighted by Gasteiger charge is -2.21. The van der Waals surface area contributed by atoms with Gasteiger partial charge in [0, 0.05) is 24.5 Å². The number of rotatable bonds is 4. The van der Waals surface area contributed by atoms with Crippen molar-refractivity contribution in [3.8, 4) is 0 Å². The molecule has 0 aromatic carbocycles. The minimum atomic E-state index is 0.374. The second-order valence-electron chi connectivity index (χ2n) is 6.52. The summed E-state index contributed by atoms with van der Waals surface area (Å²) < 4.78 is 0. The van der Waals surface area contributed by atoms with Crippen molar-refractivity contribution in [2.24, 2.45) is 5.41 Å². The molecule has 3 rings (SSSR count). The summed E-state index contributed by atoms with van der Waals surface area (Å²) in [7, 11) is 0. The quantitative estimate of drug-likeness (QED) is 0.929. The first-order valence-corrected chi connectivity index (χ1v) is 8.63. The maximum absolute atomic E-state index is 4.80. The SMILES string of the molecule is CCNc1nc(N2CCC(C)(C)C2)c2cc(CC)sc2n1. The van der Waals surface area contributed by atoms with E-state index in [1.165, 1.54) is 16.7 Å². The zero-order chi connectivity index (χ0) is 15.0. The normalized spacial score (nSPS) is 17.6. The van der Waals surface area contributed by atoms with Crippen molar-refractivity contribution < 1.29 is 0 Å². The molecule has 2 aromatic rings. The van der Waals surface area contributed by atoms with Crippen LogP contribution < -0.4 is 10.2 Å². The predicted octanol–water partition coefficient (Wildman–Crippen LogP) is 3.92. The Morgan fingerprint density at radius 3 is 2.76 bits per heavy atom. The van der Waals surface area contributed by atoms with Gasteiger partial charge in [-0.1, -0.05) is 20.8 Å². The van der Waals surface area contributed by atoms with Crippen LogP contribution in [0.1, 0.15) is 39.0 Å². The Morgan fingerprint density at radius 1 is 1.33 bits per heavy atom. The van der Waals surface area contributed by atoms with E-state index >= 15 is 0 Å². The lowest BCUT2D eigenvalue weighted by molar-refractivity contribution is 0.418. The van der Waals surface area contributed by atoms with Gasteiger partial charge in [0.2, 0.25) is 5.95 Å². The zero-order valence-electron chi connectivity index (χ0n) is 13.4. The van der Waals surface area contributed by atoms with Crippen LogP contribution in [0.2, 0.25) is 0 Å². The van der Waals surface area contributed by atoms with Crippen LogP contribution in [0.4, 0.5) is 11.8 Å². The summed E-state index contributed by atoms with van der Waals surface area (Å²) in [6, 6.07) is 2.27. The molecule has 1 fully saturated rings. The van der Waals surface area contributed by atoms with Crippen LogP contribution in [0.5, 0.6) is 0 Å². The molecule has 0 unspecified atom stereocenters. The largest absolute Gasteiger partial charge is 0.355 e. The molecule has 4 nitrogen and oxygen atoms in total. The third-order valence-corrected chi connectivity index (χ3v) is 5.26. The summed E-state index contributed by atoms with van der Waals surface area (Å²) in [5.74, 6) is 1.87. The van der Waals surface area contributed by atoms with Gasteiger partial charge in [0.1, 0.15) is 10.6 Å². The molecule has 0 aliphatic carbocycles. The Morgan fingerprint density at radius 2 is 2.14 bits per heavy atom. The van der Waals surface area contributed by atoms with Crippen molar-refractivity contribution >= 4 is 33.3 Å². The highest BCUT2D eigenvalue weighted by molar-refractivity contribution is 7.18. The van der Waals surface area contributed by atoms with E-state index in [0.29, 0.717) is 5.41 Å². The van der Waals surface area contributed by atoms with E-state index in [0.717, 1.165) is 42.7 Å². The molecule has 0 atom stereocenters. The molecule has 0 amide bonds. The number of nitrogens with zero attached hydrogens (tertiary/aromatic N) is 3. The van der Waals surface area contributed by atoms with Crippen molar-refractivity contribution in [2.45, 2.75) is 40.5 Å². The molecule has 114 valence electrons. The topological polar surface area (TPSA) is 41.1 Å². The summed E-state index contributed by atoms with van der Waals surface area (Å²) >= 11 is 1.79. The molecule has 0 saturated carbocycles. The summed E-state index contributed by atoms with van der Waals surface area (Å²) in [4.78, 5) is 14.4. The van der Waals surface area contributed by atoms with Crippen molar-refractivity contribution in [3.05, 3.63) is 10.9 Å². The zero-order valence-corrected chi connectivity index (χ0v) is 14.2. The number of fused-ring (bicyclic) bond motifs is 1. The van der Waals surface area contributed by atoms with Crippen LogP contribution in [-0.4, -0.2) is 29.6 Å². The van der Waals surface area contributed by atoms with Crippen molar-refractivity contribution in [2.75, 3.05) is 29.9 Å². The minimum absolute atomic E-state index is 0.374. The molecule has 0 spiro atoms. The molecule has 1 aliphatic heterocycles. The number of nitrogens with one attached hydrogen (secondary N) is 1. The smallest absolute Gasteiger partial charge is 0.226 e. The first kappa shape index (κ1) is 14.6. The fourth-order valence-corrected chi connectivity index (χ4v) is 3.86. The molecule has 2 aromatic heterocycles. The Hall–Kier alpha value is -1.36. The van der Waals surface area contributed by atoms with Gasteiger partial charge in [-0.2, -0.15) is 4.98 Å². The molecule has 5 heteroatoms. The van der Waals surface area contributed by atoms with Gasteiger partial charge < -0.3 is 10.2 Å². The molecule has 1 aliphatic rings. The maximum Gasteiger partial charge on any atom is 0.226 e. The van der Waals surface area contributed by atoms with Gasteiger partial charge in [-0.25, -0.2) is 4.98 Å². The number of thiophene rings is 1. The summed E-state index contributed by atoms with van der Waals surface area (Å²) in [6.07, 6.45) is 2.28. The van der Waals surface area contributed by atoms with Gasteiger partial charge in [0.25, 0.3) is 0 Å². The van der Waals surface area contributed by atoms with Crippen LogP contribution in [-0.2, 0) is 6.42 Å². The molecule has 21 heavy (non-hydrogen) atoms. The number of hydrogen-bond acceptors (Lipinski definition) is 5. The Balaban J connectivity index is 2.08. The molecule has 1 saturated heterocycles. The lowest BCUT2D eigenvalue weighted by Crippen LogP contribution is -2.24. The summed E-state index contributed by atoms with van der Waals surface area (Å²) in [5.41, 5.74) is 0.374. The molecular formula is C16H24N4S. The molecule has 0 radical (unpaired) electrons. The monoisotopic (exact) mass is 304 g/mol. The average molecular weight is 304 g/mol. The van der Waals surface area contributed by atoms with Crippen molar-refractivity contribution in [3.63, 3.8) is 0 Å². The van der Waals surface area contributed by atoms with Crippen LogP contribution >= 0.6 is 11.3 Å². The van der Waals surface area contributed by atoms with Crippen molar-refractivity contribution in [1.29, 1.82) is 0 Å². The van der Waals surface area contributed by atoms with Gasteiger partial charge in [-0.05, 0) is 31.2 Å². The van der Waals surface area contributed by atoms with E-state index in [2.05, 4.69) is 49.0 Å². The Bertz CT molecular complexity index is 647. The summed E-state index contributed by atoms with van der Waals surface area (Å²) in [5, 5.41) is 4.49. The fraction of sp³-hybridized carbons (Fsp3) is 0.625.